The van der Waals surface area contributed by atoms with Gasteiger partial charge in [0.1, 0.15) is 0 Å². The zero-order chi connectivity index (χ0) is 24.5. The van der Waals surface area contributed by atoms with Crippen LogP contribution in [0.4, 0.5) is 11.4 Å². The predicted octanol–water partition coefficient (Wildman–Crippen LogP) is 4.12. The molecule has 0 radical (unpaired) electrons. The normalized spacial score (nSPS) is 14.2. The zero-order valence-corrected chi connectivity index (χ0v) is 20.3. The molecular weight excluding hydrogens is 440 g/mol. The molecule has 0 unspecified atom stereocenters. The van der Waals surface area contributed by atoms with E-state index in [-0.39, 0.29) is 5.91 Å². The van der Waals surface area contributed by atoms with Gasteiger partial charge in [-0.3, -0.25) is 14.7 Å². The fourth-order valence-electron chi connectivity index (χ4n) is 4.21. The summed E-state index contributed by atoms with van der Waals surface area (Å²) in [6.45, 7) is 4.87. The quantitative estimate of drug-likeness (QED) is 0.473. The molecule has 1 aliphatic rings. The lowest BCUT2D eigenvalue weighted by atomic mass is 10.1. The van der Waals surface area contributed by atoms with Gasteiger partial charge in [0.15, 0.2) is 11.5 Å². The number of pyridine rings is 1. The number of nitrogens with one attached hydrogen (secondary N) is 1. The van der Waals surface area contributed by atoms with Crippen LogP contribution in [0.2, 0.25) is 0 Å². The van der Waals surface area contributed by atoms with Gasteiger partial charge >= 0.3 is 0 Å². The van der Waals surface area contributed by atoms with Crippen LogP contribution in [-0.2, 0) is 11.2 Å². The third-order valence-electron chi connectivity index (χ3n) is 6.18. The number of carbonyl (C=O) groups excluding carboxylic acids is 1. The number of rotatable bonds is 9. The highest BCUT2D eigenvalue weighted by Crippen LogP contribution is 2.29. The fourth-order valence-corrected chi connectivity index (χ4v) is 4.21. The van der Waals surface area contributed by atoms with E-state index in [0.717, 1.165) is 56.1 Å². The van der Waals surface area contributed by atoms with Crippen molar-refractivity contribution in [3.05, 3.63) is 84.2 Å². The first-order valence-corrected chi connectivity index (χ1v) is 11.8. The summed E-state index contributed by atoms with van der Waals surface area (Å²) in [4.78, 5) is 21.6. The van der Waals surface area contributed by atoms with Crippen molar-refractivity contribution in [2.24, 2.45) is 0 Å². The van der Waals surface area contributed by atoms with Gasteiger partial charge in [0.05, 0.1) is 25.6 Å². The van der Waals surface area contributed by atoms with Gasteiger partial charge in [0.2, 0.25) is 5.91 Å². The molecular formula is C28H32N4O3. The number of amides is 1. The number of benzene rings is 2. The van der Waals surface area contributed by atoms with Crippen molar-refractivity contribution in [2.45, 2.75) is 6.42 Å². The minimum atomic E-state index is -0.178. The summed E-state index contributed by atoms with van der Waals surface area (Å²) in [5.41, 5.74) is 4.04. The summed E-state index contributed by atoms with van der Waals surface area (Å²) in [6.07, 6.45) is 8.03. The number of hydrogen-bond acceptors (Lipinski definition) is 6. The van der Waals surface area contributed by atoms with E-state index in [1.54, 1.807) is 20.3 Å². The van der Waals surface area contributed by atoms with Gasteiger partial charge in [0, 0.05) is 51.2 Å². The maximum atomic E-state index is 12.7. The molecule has 1 aromatic heterocycles. The minimum absolute atomic E-state index is 0.178. The topological polar surface area (TPSA) is 66.9 Å². The maximum Gasteiger partial charge on any atom is 0.248 e. The summed E-state index contributed by atoms with van der Waals surface area (Å²) in [5, 5.41) is 3.04. The standard InChI is InChI=1S/C28H32N4O3/c1-34-26-9-7-23(21-27(26)35-2)8-10-28(33)30-24-5-3-4-6-25(24)32-19-17-31(18-20-32)16-13-22-11-14-29-15-12-22/h3-12,14-15,21H,13,16-20H2,1-2H3,(H,30,33). The molecule has 2 aromatic carbocycles. The first-order valence-electron chi connectivity index (χ1n) is 11.8. The van der Waals surface area contributed by atoms with Crippen LogP contribution < -0.4 is 19.7 Å². The molecule has 182 valence electrons. The smallest absolute Gasteiger partial charge is 0.248 e. The van der Waals surface area contributed by atoms with E-state index in [1.165, 1.54) is 11.6 Å². The molecule has 2 heterocycles. The molecule has 0 saturated carbocycles. The van der Waals surface area contributed by atoms with E-state index >= 15 is 0 Å². The van der Waals surface area contributed by atoms with Gasteiger partial charge in [0.25, 0.3) is 0 Å². The SMILES string of the molecule is COc1ccc(C=CC(=O)Nc2ccccc2N2CCN(CCc3ccncc3)CC2)cc1OC. The largest absolute Gasteiger partial charge is 0.493 e. The number of methoxy groups -OCH3 is 2. The number of ether oxygens (including phenoxy) is 2. The van der Waals surface area contributed by atoms with Crippen LogP contribution in [0, 0.1) is 0 Å². The molecule has 1 amide bonds. The number of para-hydroxylation sites is 2. The summed E-state index contributed by atoms with van der Waals surface area (Å²) < 4.78 is 10.6. The van der Waals surface area contributed by atoms with Crippen LogP contribution in [0.5, 0.6) is 11.5 Å². The average molecular weight is 473 g/mol. The lowest BCUT2D eigenvalue weighted by Crippen LogP contribution is -2.47. The molecule has 0 bridgehead atoms. The molecule has 4 rings (SSSR count). The van der Waals surface area contributed by atoms with Crippen molar-refractivity contribution < 1.29 is 14.3 Å². The van der Waals surface area contributed by atoms with Crippen LogP contribution in [0.3, 0.4) is 0 Å². The van der Waals surface area contributed by atoms with Crippen LogP contribution in [0.25, 0.3) is 6.08 Å². The van der Waals surface area contributed by atoms with Gasteiger partial charge in [-0.1, -0.05) is 18.2 Å². The van der Waals surface area contributed by atoms with Crippen molar-refractivity contribution in [1.82, 2.24) is 9.88 Å². The van der Waals surface area contributed by atoms with Crippen molar-refractivity contribution in [2.75, 3.05) is 57.2 Å². The highest BCUT2D eigenvalue weighted by Gasteiger charge is 2.19. The molecule has 3 aromatic rings. The van der Waals surface area contributed by atoms with E-state index < -0.39 is 0 Å². The molecule has 1 fully saturated rings. The minimum Gasteiger partial charge on any atom is -0.493 e. The highest BCUT2D eigenvalue weighted by atomic mass is 16.5. The maximum absolute atomic E-state index is 12.7. The number of piperazine rings is 1. The third kappa shape index (κ3) is 6.61. The van der Waals surface area contributed by atoms with Gasteiger partial charge in [-0.15, -0.1) is 0 Å². The van der Waals surface area contributed by atoms with E-state index in [9.17, 15) is 4.79 Å². The molecule has 0 aliphatic carbocycles. The van der Waals surface area contributed by atoms with Crippen molar-refractivity contribution in [3.8, 4) is 11.5 Å². The van der Waals surface area contributed by atoms with E-state index in [4.69, 9.17) is 9.47 Å². The second-order valence-electron chi connectivity index (χ2n) is 8.39. The Balaban J connectivity index is 1.33. The highest BCUT2D eigenvalue weighted by molar-refractivity contribution is 6.03. The Kier molecular flexibility index (Phi) is 8.35. The molecule has 35 heavy (non-hydrogen) atoms. The zero-order valence-electron chi connectivity index (χ0n) is 20.3. The Labute approximate surface area is 207 Å². The molecule has 1 saturated heterocycles. The lowest BCUT2D eigenvalue weighted by molar-refractivity contribution is -0.111. The predicted molar refractivity (Wildman–Crippen MR) is 140 cm³/mol. The van der Waals surface area contributed by atoms with Crippen LogP contribution in [0.1, 0.15) is 11.1 Å². The average Bonchev–Trinajstić information content (AvgIpc) is 2.92. The first kappa shape index (κ1) is 24.3. The second kappa shape index (κ2) is 12.0. The summed E-state index contributed by atoms with van der Waals surface area (Å²) >= 11 is 0. The van der Waals surface area contributed by atoms with Crippen LogP contribution in [-0.4, -0.2) is 62.7 Å². The Morgan fingerprint density at radius 1 is 0.971 bits per heavy atom. The summed E-state index contributed by atoms with van der Waals surface area (Å²) in [7, 11) is 3.19. The Morgan fingerprint density at radius 3 is 2.46 bits per heavy atom. The molecule has 0 spiro atoms. The summed E-state index contributed by atoms with van der Waals surface area (Å²) in [5.74, 6) is 1.10. The van der Waals surface area contributed by atoms with E-state index in [2.05, 4.69) is 38.3 Å². The van der Waals surface area contributed by atoms with Crippen molar-refractivity contribution in [1.29, 1.82) is 0 Å². The van der Waals surface area contributed by atoms with E-state index in [0.29, 0.717) is 11.5 Å². The van der Waals surface area contributed by atoms with Gasteiger partial charge in [-0.2, -0.15) is 0 Å². The van der Waals surface area contributed by atoms with Gasteiger partial charge in [-0.25, -0.2) is 0 Å². The number of aromatic nitrogens is 1. The Morgan fingerprint density at radius 2 is 1.71 bits per heavy atom. The third-order valence-corrected chi connectivity index (χ3v) is 6.18. The van der Waals surface area contributed by atoms with Gasteiger partial charge < -0.3 is 19.7 Å². The number of nitrogens with zero attached hydrogens (tertiary/aromatic N) is 3. The van der Waals surface area contributed by atoms with Gasteiger partial charge in [-0.05, 0) is 60.0 Å². The molecule has 0 atom stereocenters. The van der Waals surface area contributed by atoms with E-state index in [1.807, 2.05) is 48.8 Å². The second-order valence-corrected chi connectivity index (χ2v) is 8.39. The molecule has 1 aliphatic heterocycles. The number of anilines is 2. The Bertz CT molecular complexity index is 1140. The number of hydrogen-bond donors (Lipinski definition) is 1. The van der Waals surface area contributed by atoms with Crippen molar-refractivity contribution in [3.63, 3.8) is 0 Å². The van der Waals surface area contributed by atoms with Crippen LogP contribution >= 0.6 is 0 Å². The number of carbonyl (C=O) groups is 1. The van der Waals surface area contributed by atoms with Crippen LogP contribution in [0.15, 0.2) is 73.1 Å². The monoisotopic (exact) mass is 472 g/mol. The van der Waals surface area contributed by atoms with Crippen molar-refractivity contribution >= 4 is 23.4 Å². The molecule has 1 N–H and O–H groups in total. The fraction of sp³-hybridized carbons (Fsp3) is 0.286. The summed E-state index contributed by atoms with van der Waals surface area (Å²) in [6, 6.07) is 17.7. The Hall–Kier alpha value is -3.84. The first-order chi connectivity index (χ1) is 17.2. The molecule has 7 nitrogen and oxygen atoms in total. The lowest BCUT2D eigenvalue weighted by Gasteiger charge is -2.37. The molecule has 7 heteroatoms.